The highest BCUT2D eigenvalue weighted by Gasteiger charge is 2.72. The summed E-state index contributed by atoms with van der Waals surface area (Å²) in [7, 11) is 3.55. The molecule has 3 aromatic heterocycles. The number of imidazole rings is 1. The van der Waals surface area contributed by atoms with E-state index in [0.717, 1.165) is 60.9 Å². The number of aryl methyl sites for hydroxylation is 1. The van der Waals surface area contributed by atoms with Crippen LogP contribution in [0.4, 0.5) is 8.78 Å². The number of benzene rings is 1. The van der Waals surface area contributed by atoms with Crippen molar-refractivity contribution in [1.82, 2.24) is 29.3 Å². The highest BCUT2D eigenvalue weighted by Crippen LogP contribution is 2.60. The van der Waals surface area contributed by atoms with E-state index in [9.17, 15) is 18.4 Å². The van der Waals surface area contributed by atoms with Gasteiger partial charge >= 0.3 is 0 Å². The van der Waals surface area contributed by atoms with E-state index in [4.69, 9.17) is 20.4 Å². The summed E-state index contributed by atoms with van der Waals surface area (Å²) in [5.74, 6) is -1.39. The number of methoxy groups -OCH3 is 1. The molecule has 1 aliphatic heterocycles. The molecule has 4 aliphatic rings. The Bertz CT molecular complexity index is 1950. The number of hydrogen-bond donors (Lipinski definition) is 2. The predicted octanol–water partition coefficient (Wildman–Crippen LogP) is 5.18. The Morgan fingerprint density at radius 1 is 1.15 bits per heavy atom. The third-order valence-corrected chi connectivity index (χ3v) is 11.2. The first-order valence-electron chi connectivity index (χ1n) is 16.7. The van der Waals surface area contributed by atoms with Crippen molar-refractivity contribution in [2.75, 3.05) is 13.7 Å². The number of hydrogen-bond acceptors (Lipinski definition) is 6. The minimum absolute atomic E-state index is 0.00206. The van der Waals surface area contributed by atoms with Gasteiger partial charge in [0.25, 0.3) is 11.8 Å². The zero-order valence-electron chi connectivity index (χ0n) is 27.2. The maximum absolute atomic E-state index is 13.9. The van der Waals surface area contributed by atoms with Gasteiger partial charge in [-0.25, -0.2) is 18.7 Å². The summed E-state index contributed by atoms with van der Waals surface area (Å²) in [4.78, 5) is 38.5. The molecule has 10 nitrogen and oxygen atoms in total. The number of ether oxygens (including phenoxy) is 1. The molecule has 4 heterocycles. The van der Waals surface area contributed by atoms with Crippen molar-refractivity contribution in [1.29, 1.82) is 0 Å². The number of aromatic nitrogens is 4. The van der Waals surface area contributed by atoms with Crippen LogP contribution in [0.15, 0.2) is 30.3 Å². The lowest BCUT2D eigenvalue weighted by Crippen LogP contribution is -2.51. The standard InChI is InChI=1S/C35H41F2N7O3/c1-18(39-33(46)34(2)17-35(34,36)37)25-10-8-21-13-27(44(30(21)40-25)15-19-5-6-19)31-41-26-12-22(14-28(47-4)29(26)42(31)3)32(45)43-16-24(38)20-7-9-23(43)11-20/h8,10,12-14,18-20,23-24H,5-7,9,11,15-17,38H2,1-4H3,(H,39,46)/t18-,20-,23+,24+,34+/m1/s1. The summed E-state index contributed by atoms with van der Waals surface area (Å²) in [5, 5.41) is 3.67. The van der Waals surface area contributed by atoms with Crippen LogP contribution in [-0.4, -0.2) is 67.5 Å². The van der Waals surface area contributed by atoms with Crippen LogP contribution in [0.1, 0.15) is 74.5 Å². The summed E-state index contributed by atoms with van der Waals surface area (Å²) in [6.45, 7) is 4.38. The highest BCUT2D eigenvalue weighted by molar-refractivity contribution is 6.00. The van der Waals surface area contributed by atoms with Gasteiger partial charge in [0.1, 0.15) is 22.3 Å². The normalized spacial score (nSPS) is 27.0. The van der Waals surface area contributed by atoms with Crippen LogP contribution >= 0.6 is 0 Å². The number of halogens is 2. The van der Waals surface area contributed by atoms with E-state index in [1.807, 2.05) is 40.8 Å². The third-order valence-electron chi connectivity index (χ3n) is 11.2. The van der Waals surface area contributed by atoms with Crippen LogP contribution in [0.5, 0.6) is 5.75 Å². The summed E-state index contributed by atoms with van der Waals surface area (Å²) in [6, 6.07) is 9.19. The number of nitrogens with zero attached hydrogens (tertiary/aromatic N) is 5. The molecular weight excluding hydrogens is 604 g/mol. The lowest BCUT2D eigenvalue weighted by atomic mass is 9.94. The number of fused-ring (bicyclic) bond motifs is 4. The molecule has 8 rings (SSSR count). The number of nitrogens with one attached hydrogen (secondary N) is 1. The minimum atomic E-state index is -2.98. The SMILES string of the molecule is COc1cc(C(=O)N2C[C@H](N)[C@@H]3CC[C@H]2C3)cc2nc(-c3cc4ccc([C@@H](C)NC(=O)[C@]5(C)CC5(F)F)nc4n3CC3CC3)n(C)c12. The van der Waals surface area contributed by atoms with Crippen LogP contribution in [0.25, 0.3) is 33.6 Å². The van der Waals surface area contributed by atoms with Crippen molar-refractivity contribution in [3.63, 3.8) is 0 Å². The van der Waals surface area contributed by atoms with Crippen LogP contribution in [0.3, 0.4) is 0 Å². The molecule has 4 fully saturated rings. The van der Waals surface area contributed by atoms with Crippen molar-refractivity contribution >= 4 is 33.9 Å². The number of carbonyl (C=O) groups excluding carboxylic acids is 2. The number of piperidine rings is 1. The largest absolute Gasteiger partial charge is 0.494 e. The Kier molecular flexibility index (Phi) is 6.75. The number of pyridine rings is 1. The molecule has 3 saturated carbocycles. The zero-order chi connectivity index (χ0) is 33.0. The topological polar surface area (TPSA) is 120 Å². The van der Waals surface area contributed by atoms with Crippen molar-refractivity contribution in [3.05, 3.63) is 41.6 Å². The minimum Gasteiger partial charge on any atom is -0.494 e. The Balaban J connectivity index is 1.16. The van der Waals surface area contributed by atoms with E-state index in [1.165, 1.54) is 6.92 Å². The van der Waals surface area contributed by atoms with Gasteiger partial charge in [-0.3, -0.25) is 9.59 Å². The second kappa shape index (κ2) is 10.5. The number of rotatable bonds is 8. The van der Waals surface area contributed by atoms with E-state index in [0.29, 0.717) is 46.7 Å². The van der Waals surface area contributed by atoms with E-state index in [1.54, 1.807) is 14.0 Å². The number of nitrogens with two attached hydrogens (primary N) is 1. The Morgan fingerprint density at radius 3 is 2.62 bits per heavy atom. The monoisotopic (exact) mass is 645 g/mol. The molecule has 0 radical (unpaired) electrons. The number of carbonyl (C=O) groups is 2. The maximum atomic E-state index is 13.9. The van der Waals surface area contributed by atoms with Crippen LogP contribution in [0, 0.1) is 17.3 Å². The first-order valence-corrected chi connectivity index (χ1v) is 16.7. The van der Waals surface area contributed by atoms with Crippen molar-refractivity contribution in [3.8, 4) is 17.3 Å². The fraction of sp³-hybridized carbons (Fsp3) is 0.543. The van der Waals surface area contributed by atoms with Crippen LogP contribution in [-0.2, 0) is 18.4 Å². The molecule has 0 spiro atoms. The van der Waals surface area contributed by atoms with Gasteiger partial charge in [-0.2, -0.15) is 0 Å². The molecule has 2 amide bonds. The lowest BCUT2D eigenvalue weighted by Gasteiger charge is -2.37. The molecule has 47 heavy (non-hydrogen) atoms. The third kappa shape index (κ3) is 4.81. The van der Waals surface area contributed by atoms with Crippen LogP contribution < -0.4 is 15.8 Å². The van der Waals surface area contributed by atoms with Crippen molar-refractivity contribution in [2.45, 2.75) is 83.0 Å². The first-order chi connectivity index (χ1) is 22.4. The second-order valence-corrected chi connectivity index (χ2v) is 14.5. The summed E-state index contributed by atoms with van der Waals surface area (Å²) in [6.07, 6.45) is 4.83. The molecule has 248 valence electrons. The predicted molar refractivity (Wildman–Crippen MR) is 173 cm³/mol. The highest BCUT2D eigenvalue weighted by atomic mass is 19.3. The average Bonchev–Trinajstić information content (AvgIpc) is 3.77. The van der Waals surface area contributed by atoms with Gasteiger partial charge < -0.3 is 29.8 Å². The molecule has 5 atom stereocenters. The van der Waals surface area contributed by atoms with E-state index in [2.05, 4.69) is 16.0 Å². The fourth-order valence-corrected chi connectivity index (χ4v) is 7.81. The fourth-order valence-electron chi connectivity index (χ4n) is 7.81. The number of alkyl halides is 2. The van der Waals surface area contributed by atoms with Gasteiger partial charge in [0, 0.05) is 49.6 Å². The van der Waals surface area contributed by atoms with Gasteiger partial charge in [-0.15, -0.1) is 0 Å². The second-order valence-electron chi connectivity index (χ2n) is 14.5. The lowest BCUT2D eigenvalue weighted by molar-refractivity contribution is -0.130. The molecule has 0 unspecified atom stereocenters. The maximum Gasteiger partial charge on any atom is 0.263 e. The van der Waals surface area contributed by atoms with Crippen LogP contribution in [0.2, 0.25) is 0 Å². The Hall–Kier alpha value is -4.06. The first kappa shape index (κ1) is 30.3. The Morgan fingerprint density at radius 2 is 1.91 bits per heavy atom. The van der Waals surface area contributed by atoms with Gasteiger partial charge in [-0.1, -0.05) is 0 Å². The summed E-state index contributed by atoms with van der Waals surface area (Å²) < 4.78 is 37.7. The summed E-state index contributed by atoms with van der Waals surface area (Å²) in [5.41, 5.74) is 8.97. The molecule has 3 N–H and O–H groups in total. The van der Waals surface area contributed by atoms with Gasteiger partial charge in [0.2, 0.25) is 5.91 Å². The molecule has 3 aliphatic carbocycles. The van der Waals surface area contributed by atoms with E-state index < -0.39 is 29.7 Å². The molecule has 12 heteroatoms. The Labute approximate surface area is 271 Å². The molecule has 4 aromatic rings. The zero-order valence-corrected chi connectivity index (χ0v) is 27.2. The smallest absolute Gasteiger partial charge is 0.263 e. The number of likely N-dealkylation sites (tertiary alicyclic amines) is 1. The summed E-state index contributed by atoms with van der Waals surface area (Å²) >= 11 is 0. The van der Waals surface area contributed by atoms with Gasteiger partial charge in [0.15, 0.2) is 5.82 Å². The molecular formula is C35H41F2N7O3. The van der Waals surface area contributed by atoms with E-state index >= 15 is 0 Å². The van der Waals surface area contributed by atoms with Gasteiger partial charge in [0.05, 0.1) is 30.1 Å². The molecule has 1 aromatic carbocycles. The number of amides is 2. The van der Waals surface area contributed by atoms with Crippen molar-refractivity contribution in [2.24, 2.45) is 30.0 Å². The average molecular weight is 646 g/mol. The molecule has 2 bridgehead atoms. The van der Waals surface area contributed by atoms with Gasteiger partial charge in [-0.05, 0) is 88.1 Å². The van der Waals surface area contributed by atoms with Crippen molar-refractivity contribution < 1.29 is 23.1 Å². The molecule has 1 saturated heterocycles. The quantitative estimate of drug-likeness (QED) is 0.273. The van der Waals surface area contributed by atoms with E-state index in [-0.39, 0.29) is 18.0 Å².